The van der Waals surface area contributed by atoms with Crippen LogP contribution in [0.1, 0.15) is 11.7 Å². The van der Waals surface area contributed by atoms with Crippen LogP contribution < -0.4 is 5.32 Å². The Morgan fingerprint density at radius 1 is 1.40 bits per heavy atom. The van der Waals surface area contributed by atoms with Gasteiger partial charge in [-0.25, -0.2) is 4.98 Å². The fourth-order valence-electron chi connectivity index (χ4n) is 1.17. The molecule has 0 saturated heterocycles. The summed E-state index contributed by atoms with van der Waals surface area (Å²) in [6.45, 7) is 0.264. The molecule has 1 aromatic heterocycles. The van der Waals surface area contributed by atoms with E-state index >= 15 is 0 Å². The summed E-state index contributed by atoms with van der Waals surface area (Å²) in [6, 6.07) is 3.05. The van der Waals surface area contributed by atoms with Gasteiger partial charge in [0.1, 0.15) is 16.4 Å². The average Bonchev–Trinajstić information content (AvgIpc) is 2.17. The number of rotatable bonds is 4. The van der Waals surface area contributed by atoms with E-state index in [1.807, 2.05) is 0 Å². The molecular weight excluding hydrogens is 239 g/mol. The molecule has 0 aliphatic heterocycles. The van der Waals surface area contributed by atoms with Crippen molar-refractivity contribution in [1.82, 2.24) is 10.3 Å². The normalized spacial score (nSPS) is 15.0. The number of likely N-dealkylation sites (N-methyl/N-ethyl adjacent to an activating group) is 1. The maximum atomic E-state index is 9.73. The summed E-state index contributed by atoms with van der Waals surface area (Å²) >= 11 is 11.4. The quantitative estimate of drug-likeness (QED) is 0.698. The van der Waals surface area contributed by atoms with Crippen molar-refractivity contribution < 1.29 is 10.2 Å². The molecule has 0 fully saturated rings. The molecule has 1 rings (SSSR count). The summed E-state index contributed by atoms with van der Waals surface area (Å²) in [4.78, 5) is 3.78. The first-order chi connectivity index (χ1) is 7.06. The highest BCUT2D eigenvalue weighted by Gasteiger charge is 2.20. The van der Waals surface area contributed by atoms with Crippen molar-refractivity contribution in [2.45, 2.75) is 12.2 Å². The topological polar surface area (TPSA) is 65.4 Å². The van der Waals surface area contributed by atoms with E-state index < -0.39 is 12.2 Å². The second kappa shape index (κ2) is 5.63. The number of hydrogen-bond acceptors (Lipinski definition) is 4. The molecular formula is C9H12Cl2N2O2. The van der Waals surface area contributed by atoms with Crippen molar-refractivity contribution in [3.05, 3.63) is 28.0 Å². The van der Waals surface area contributed by atoms with Crippen LogP contribution >= 0.6 is 23.2 Å². The number of hydrogen-bond donors (Lipinski definition) is 3. The molecule has 0 radical (unpaired) electrons. The molecule has 3 N–H and O–H groups in total. The third kappa shape index (κ3) is 3.29. The van der Waals surface area contributed by atoms with Crippen molar-refractivity contribution in [1.29, 1.82) is 0 Å². The Hall–Kier alpha value is -0.390. The van der Waals surface area contributed by atoms with E-state index in [1.54, 1.807) is 13.1 Å². The second-order valence-electron chi connectivity index (χ2n) is 3.08. The fourth-order valence-corrected chi connectivity index (χ4v) is 1.63. The molecule has 1 heterocycles. The first-order valence-corrected chi connectivity index (χ1v) is 5.14. The average molecular weight is 251 g/mol. The molecule has 0 bridgehead atoms. The molecule has 2 unspecified atom stereocenters. The molecule has 6 heteroatoms. The van der Waals surface area contributed by atoms with Crippen molar-refractivity contribution in [2.24, 2.45) is 0 Å². The summed E-state index contributed by atoms with van der Waals surface area (Å²) in [7, 11) is 1.68. The predicted octanol–water partition coefficient (Wildman–Crippen LogP) is 1.00. The molecule has 1 aromatic rings. The van der Waals surface area contributed by atoms with Gasteiger partial charge in [0.2, 0.25) is 0 Å². The Morgan fingerprint density at radius 2 is 2.07 bits per heavy atom. The zero-order chi connectivity index (χ0) is 11.4. The van der Waals surface area contributed by atoms with Crippen molar-refractivity contribution in [2.75, 3.05) is 13.6 Å². The number of aliphatic hydroxyl groups is 2. The van der Waals surface area contributed by atoms with Gasteiger partial charge in [-0.3, -0.25) is 0 Å². The lowest BCUT2D eigenvalue weighted by Gasteiger charge is -2.18. The van der Waals surface area contributed by atoms with Gasteiger partial charge >= 0.3 is 0 Å². The van der Waals surface area contributed by atoms with Gasteiger partial charge in [-0.15, -0.1) is 0 Å². The van der Waals surface area contributed by atoms with Crippen LogP contribution in [-0.4, -0.2) is 34.9 Å². The minimum absolute atomic E-state index is 0.102. The Labute approximate surface area is 97.9 Å². The smallest absolute Gasteiger partial charge is 0.136 e. The van der Waals surface area contributed by atoms with Crippen LogP contribution in [0.3, 0.4) is 0 Å². The molecule has 0 saturated carbocycles. The highest BCUT2D eigenvalue weighted by Crippen LogP contribution is 2.25. The zero-order valence-corrected chi connectivity index (χ0v) is 9.63. The first-order valence-electron chi connectivity index (χ1n) is 4.39. The minimum atomic E-state index is -1.07. The monoisotopic (exact) mass is 250 g/mol. The van der Waals surface area contributed by atoms with Gasteiger partial charge in [0, 0.05) is 12.1 Å². The SMILES string of the molecule is CNCC(O)C(O)c1ccc(Cl)nc1Cl. The van der Waals surface area contributed by atoms with Crippen molar-refractivity contribution >= 4 is 23.2 Å². The largest absolute Gasteiger partial charge is 0.389 e. The summed E-state index contributed by atoms with van der Waals surface area (Å²) < 4.78 is 0. The van der Waals surface area contributed by atoms with E-state index in [9.17, 15) is 10.2 Å². The van der Waals surface area contributed by atoms with Crippen LogP contribution in [0.2, 0.25) is 10.3 Å². The zero-order valence-electron chi connectivity index (χ0n) is 8.11. The van der Waals surface area contributed by atoms with Crippen LogP contribution in [0.15, 0.2) is 12.1 Å². The van der Waals surface area contributed by atoms with Crippen LogP contribution in [0, 0.1) is 0 Å². The van der Waals surface area contributed by atoms with E-state index in [2.05, 4.69) is 10.3 Å². The van der Waals surface area contributed by atoms with Crippen LogP contribution in [0.4, 0.5) is 0 Å². The maximum Gasteiger partial charge on any atom is 0.136 e. The summed E-state index contributed by atoms with van der Waals surface area (Å²) in [5, 5.41) is 22.4. The van der Waals surface area contributed by atoms with Crippen LogP contribution in [-0.2, 0) is 0 Å². The standard InChI is InChI=1S/C9H12Cl2N2O2/c1-12-4-6(14)8(15)5-2-3-7(10)13-9(5)11/h2-3,6,8,12,14-15H,4H2,1H3. The Morgan fingerprint density at radius 3 is 2.60 bits per heavy atom. The Bertz CT molecular complexity index is 336. The van der Waals surface area contributed by atoms with E-state index in [-0.39, 0.29) is 16.9 Å². The lowest BCUT2D eigenvalue weighted by molar-refractivity contribution is 0.0201. The Kier molecular flexibility index (Phi) is 4.76. The van der Waals surface area contributed by atoms with Crippen LogP contribution in [0.5, 0.6) is 0 Å². The highest BCUT2D eigenvalue weighted by molar-refractivity contribution is 6.32. The molecule has 84 valence electrons. The van der Waals surface area contributed by atoms with Crippen LogP contribution in [0.25, 0.3) is 0 Å². The van der Waals surface area contributed by atoms with E-state index in [0.29, 0.717) is 5.56 Å². The van der Waals surface area contributed by atoms with Gasteiger partial charge in [-0.2, -0.15) is 0 Å². The van der Waals surface area contributed by atoms with E-state index in [4.69, 9.17) is 23.2 Å². The molecule has 0 aliphatic rings. The van der Waals surface area contributed by atoms with E-state index in [0.717, 1.165) is 0 Å². The van der Waals surface area contributed by atoms with Gasteiger partial charge in [-0.1, -0.05) is 29.3 Å². The molecule has 0 aliphatic carbocycles. The molecule has 4 nitrogen and oxygen atoms in total. The van der Waals surface area contributed by atoms with Gasteiger partial charge in [0.05, 0.1) is 6.10 Å². The third-order valence-corrected chi connectivity index (χ3v) is 2.45. The molecule has 15 heavy (non-hydrogen) atoms. The predicted molar refractivity (Wildman–Crippen MR) is 59.2 cm³/mol. The van der Waals surface area contributed by atoms with Gasteiger partial charge < -0.3 is 15.5 Å². The highest BCUT2D eigenvalue weighted by atomic mass is 35.5. The number of aliphatic hydroxyl groups excluding tert-OH is 2. The molecule has 0 spiro atoms. The number of aromatic nitrogens is 1. The van der Waals surface area contributed by atoms with Gasteiger partial charge in [-0.05, 0) is 13.1 Å². The van der Waals surface area contributed by atoms with Crippen molar-refractivity contribution in [3.8, 4) is 0 Å². The number of nitrogens with zero attached hydrogens (tertiary/aromatic N) is 1. The maximum absolute atomic E-state index is 9.73. The Balaban J connectivity index is 2.86. The van der Waals surface area contributed by atoms with Gasteiger partial charge in [0.25, 0.3) is 0 Å². The number of nitrogens with one attached hydrogen (secondary N) is 1. The summed E-state index contributed by atoms with van der Waals surface area (Å²) in [6.07, 6.45) is -2.01. The van der Waals surface area contributed by atoms with Gasteiger partial charge in [0.15, 0.2) is 0 Å². The fraction of sp³-hybridized carbons (Fsp3) is 0.444. The lowest BCUT2D eigenvalue weighted by Crippen LogP contribution is -2.29. The molecule has 0 aromatic carbocycles. The van der Waals surface area contributed by atoms with E-state index in [1.165, 1.54) is 6.07 Å². The first kappa shape index (κ1) is 12.7. The van der Waals surface area contributed by atoms with Crippen molar-refractivity contribution in [3.63, 3.8) is 0 Å². The summed E-state index contributed by atoms with van der Waals surface area (Å²) in [5.74, 6) is 0. The third-order valence-electron chi connectivity index (χ3n) is 1.94. The molecule has 2 atom stereocenters. The molecule has 0 amide bonds. The number of halogens is 2. The minimum Gasteiger partial charge on any atom is -0.389 e. The second-order valence-corrected chi connectivity index (χ2v) is 3.83. The number of pyridine rings is 1. The lowest BCUT2D eigenvalue weighted by atomic mass is 10.1. The summed E-state index contributed by atoms with van der Waals surface area (Å²) in [5.41, 5.74) is 0.365.